The molecule has 0 saturated carbocycles. The van der Waals surface area contributed by atoms with Crippen molar-refractivity contribution < 1.29 is 9.21 Å². The van der Waals surface area contributed by atoms with Crippen molar-refractivity contribution in [3.63, 3.8) is 0 Å². The monoisotopic (exact) mass is 225 g/mol. The highest BCUT2D eigenvalue weighted by Crippen LogP contribution is 2.23. The van der Waals surface area contributed by atoms with E-state index in [2.05, 4.69) is 10.2 Å². The lowest BCUT2D eigenvalue weighted by Gasteiger charge is -2.18. The molecule has 1 fully saturated rings. The predicted octanol–water partition coefficient (Wildman–Crippen LogP) is -0.975. The van der Waals surface area contributed by atoms with E-state index in [-0.39, 0.29) is 11.9 Å². The number of nitrogens with two attached hydrogens (primary N) is 2. The van der Waals surface area contributed by atoms with Gasteiger partial charge in [0, 0.05) is 19.5 Å². The molecule has 1 aromatic rings. The highest BCUT2D eigenvalue weighted by Gasteiger charge is 2.32. The summed E-state index contributed by atoms with van der Waals surface area (Å²) in [6.45, 7) is 1.18. The zero-order valence-electron chi connectivity index (χ0n) is 8.93. The summed E-state index contributed by atoms with van der Waals surface area (Å²) in [7, 11) is 0. The van der Waals surface area contributed by atoms with Crippen molar-refractivity contribution in [2.75, 3.05) is 18.0 Å². The first-order valence-electron chi connectivity index (χ1n) is 5.31. The van der Waals surface area contributed by atoms with Gasteiger partial charge in [0.05, 0.1) is 0 Å². The quantitative estimate of drug-likeness (QED) is 0.681. The Hall–Kier alpha value is -1.63. The summed E-state index contributed by atoms with van der Waals surface area (Å²) in [6, 6.07) is 0.0379. The first-order valence-corrected chi connectivity index (χ1v) is 5.31. The van der Waals surface area contributed by atoms with Crippen molar-refractivity contribution in [1.29, 1.82) is 0 Å². The van der Waals surface area contributed by atoms with Crippen molar-refractivity contribution in [2.45, 2.75) is 25.3 Å². The first kappa shape index (κ1) is 10.9. The van der Waals surface area contributed by atoms with E-state index < -0.39 is 0 Å². The lowest BCUT2D eigenvalue weighted by atomic mass is 10.2. The van der Waals surface area contributed by atoms with Crippen LogP contribution in [0.3, 0.4) is 0 Å². The van der Waals surface area contributed by atoms with E-state index in [0.29, 0.717) is 24.9 Å². The third kappa shape index (κ3) is 1.99. The van der Waals surface area contributed by atoms with Crippen LogP contribution in [-0.2, 0) is 11.2 Å². The standard InChI is InChI=1S/C9H15N5O2/c10-4-3-7-12-13-9(16-7)14-5-1-2-6(14)8(11)15/h6H,1-5,10H2,(H2,11,15). The van der Waals surface area contributed by atoms with Crippen LogP contribution in [0.5, 0.6) is 0 Å². The number of primary amides is 1. The number of anilines is 1. The summed E-state index contributed by atoms with van der Waals surface area (Å²) in [4.78, 5) is 12.9. The number of hydrogen-bond acceptors (Lipinski definition) is 6. The van der Waals surface area contributed by atoms with E-state index >= 15 is 0 Å². The average Bonchev–Trinajstić information content (AvgIpc) is 2.83. The fourth-order valence-corrected chi connectivity index (χ4v) is 1.88. The Morgan fingerprint density at radius 3 is 3.06 bits per heavy atom. The molecular formula is C9H15N5O2. The van der Waals surface area contributed by atoms with E-state index in [4.69, 9.17) is 15.9 Å². The molecule has 7 heteroatoms. The molecule has 0 aromatic carbocycles. The zero-order chi connectivity index (χ0) is 11.5. The van der Waals surface area contributed by atoms with Crippen molar-refractivity contribution in [2.24, 2.45) is 11.5 Å². The maximum absolute atomic E-state index is 11.2. The first-order chi connectivity index (χ1) is 7.72. The fourth-order valence-electron chi connectivity index (χ4n) is 1.88. The molecule has 4 N–H and O–H groups in total. The molecule has 1 aromatic heterocycles. The molecule has 1 atom stereocenters. The van der Waals surface area contributed by atoms with Gasteiger partial charge in [-0.2, -0.15) is 0 Å². The number of nitrogens with zero attached hydrogens (tertiary/aromatic N) is 3. The molecule has 16 heavy (non-hydrogen) atoms. The van der Waals surface area contributed by atoms with E-state index in [1.807, 2.05) is 0 Å². The van der Waals surface area contributed by atoms with Crippen molar-refractivity contribution in [1.82, 2.24) is 10.2 Å². The minimum absolute atomic E-state index is 0.328. The van der Waals surface area contributed by atoms with Crippen molar-refractivity contribution >= 4 is 11.9 Å². The SMILES string of the molecule is NCCc1nnc(N2CCCC2C(N)=O)o1. The maximum atomic E-state index is 11.2. The van der Waals surface area contributed by atoms with Crippen LogP contribution >= 0.6 is 0 Å². The summed E-state index contributed by atoms with van der Waals surface area (Å²) in [5, 5.41) is 7.75. The molecule has 7 nitrogen and oxygen atoms in total. The molecule has 0 bridgehead atoms. The molecule has 0 spiro atoms. The molecular weight excluding hydrogens is 210 g/mol. The Balaban J connectivity index is 2.13. The van der Waals surface area contributed by atoms with Gasteiger partial charge in [-0.1, -0.05) is 5.10 Å². The van der Waals surface area contributed by atoms with Gasteiger partial charge in [0.2, 0.25) is 11.8 Å². The van der Waals surface area contributed by atoms with Gasteiger partial charge < -0.3 is 20.8 Å². The highest BCUT2D eigenvalue weighted by molar-refractivity contribution is 5.83. The van der Waals surface area contributed by atoms with Crippen LogP contribution in [0.2, 0.25) is 0 Å². The highest BCUT2D eigenvalue weighted by atomic mass is 16.4. The summed E-state index contributed by atoms with van der Waals surface area (Å²) in [5.74, 6) is 0.142. The van der Waals surface area contributed by atoms with Crippen molar-refractivity contribution in [3.05, 3.63) is 5.89 Å². The lowest BCUT2D eigenvalue weighted by Crippen LogP contribution is -2.40. The second-order valence-electron chi connectivity index (χ2n) is 3.77. The fraction of sp³-hybridized carbons (Fsp3) is 0.667. The van der Waals surface area contributed by atoms with Gasteiger partial charge in [0.15, 0.2) is 0 Å². The summed E-state index contributed by atoms with van der Waals surface area (Å²) in [5.41, 5.74) is 10.7. The Labute approximate surface area is 92.8 Å². The Morgan fingerprint density at radius 2 is 2.38 bits per heavy atom. The lowest BCUT2D eigenvalue weighted by molar-refractivity contribution is -0.119. The minimum atomic E-state index is -0.351. The molecule has 1 aliphatic rings. The average molecular weight is 225 g/mol. The van der Waals surface area contributed by atoms with Crippen LogP contribution in [-0.4, -0.2) is 35.2 Å². The van der Waals surface area contributed by atoms with Crippen LogP contribution < -0.4 is 16.4 Å². The van der Waals surface area contributed by atoms with Crippen LogP contribution in [0.1, 0.15) is 18.7 Å². The molecule has 0 aliphatic carbocycles. The second kappa shape index (κ2) is 4.48. The smallest absolute Gasteiger partial charge is 0.318 e. The van der Waals surface area contributed by atoms with Crippen molar-refractivity contribution in [3.8, 4) is 0 Å². The number of carbonyl (C=O) groups excluding carboxylic acids is 1. The third-order valence-corrected chi connectivity index (χ3v) is 2.64. The molecule has 0 radical (unpaired) electrons. The third-order valence-electron chi connectivity index (χ3n) is 2.64. The molecule has 1 unspecified atom stereocenters. The van der Waals surface area contributed by atoms with Crippen LogP contribution in [0.15, 0.2) is 4.42 Å². The van der Waals surface area contributed by atoms with Crippen LogP contribution in [0.4, 0.5) is 6.01 Å². The zero-order valence-corrected chi connectivity index (χ0v) is 8.93. The number of hydrogen-bond donors (Lipinski definition) is 2. The minimum Gasteiger partial charge on any atom is -0.408 e. The normalized spacial score (nSPS) is 20.3. The number of amides is 1. The van der Waals surface area contributed by atoms with Gasteiger partial charge in [0.1, 0.15) is 6.04 Å². The van der Waals surface area contributed by atoms with E-state index in [9.17, 15) is 4.79 Å². The topological polar surface area (TPSA) is 111 Å². The second-order valence-corrected chi connectivity index (χ2v) is 3.77. The van der Waals surface area contributed by atoms with Gasteiger partial charge in [-0.15, -0.1) is 5.10 Å². The maximum Gasteiger partial charge on any atom is 0.318 e. The van der Waals surface area contributed by atoms with Gasteiger partial charge in [-0.25, -0.2) is 0 Å². The largest absolute Gasteiger partial charge is 0.408 e. The molecule has 1 amide bonds. The molecule has 2 rings (SSSR count). The van der Waals surface area contributed by atoms with E-state index in [1.54, 1.807) is 4.90 Å². The molecule has 88 valence electrons. The molecule has 2 heterocycles. The summed E-state index contributed by atoms with van der Waals surface area (Å²) < 4.78 is 5.40. The van der Waals surface area contributed by atoms with E-state index in [1.165, 1.54) is 0 Å². The van der Waals surface area contributed by atoms with Crippen LogP contribution in [0.25, 0.3) is 0 Å². The Morgan fingerprint density at radius 1 is 1.56 bits per heavy atom. The molecule has 1 aliphatic heterocycles. The van der Waals surface area contributed by atoms with Gasteiger partial charge in [-0.3, -0.25) is 4.79 Å². The number of aromatic nitrogens is 2. The van der Waals surface area contributed by atoms with Gasteiger partial charge in [-0.05, 0) is 12.8 Å². The van der Waals surface area contributed by atoms with E-state index in [0.717, 1.165) is 19.4 Å². The predicted molar refractivity (Wildman–Crippen MR) is 56.6 cm³/mol. The van der Waals surface area contributed by atoms with Gasteiger partial charge in [0.25, 0.3) is 0 Å². The summed E-state index contributed by atoms with van der Waals surface area (Å²) >= 11 is 0. The summed E-state index contributed by atoms with van der Waals surface area (Å²) in [6.07, 6.45) is 2.19. The molecule has 1 saturated heterocycles. The number of rotatable bonds is 4. The van der Waals surface area contributed by atoms with Crippen LogP contribution in [0, 0.1) is 0 Å². The Kier molecular flexibility index (Phi) is 3.04. The number of carbonyl (C=O) groups is 1. The Bertz CT molecular complexity index is 378. The van der Waals surface area contributed by atoms with Gasteiger partial charge >= 0.3 is 6.01 Å².